The second-order valence-electron chi connectivity index (χ2n) is 5.49. The Kier molecular flexibility index (Phi) is 5.76. The van der Waals surface area contributed by atoms with Crippen LogP contribution in [0, 0.1) is 0 Å². The average molecular weight is 284 g/mol. The summed E-state index contributed by atoms with van der Waals surface area (Å²) in [7, 11) is 0. The molecular weight excluding hydrogens is 260 g/mol. The molecule has 0 spiro atoms. The summed E-state index contributed by atoms with van der Waals surface area (Å²) < 4.78 is 5.65. The Morgan fingerprint density at radius 3 is 2.76 bits per heavy atom. The van der Waals surface area contributed by atoms with Crippen molar-refractivity contribution in [2.75, 3.05) is 6.61 Å². The van der Waals surface area contributed by atoms with Gasteiger partial charge in [-0.3, -0.25) is 4.98 Å². The van der Waals surface area contributed by atoms with Gasteiger partial charge in [-0.05, 0) is 29.7 Å². The minimum Gasteiger partial charge on any atom is -0.492 e. The Labute approximate surface area is 127 Å². The molecule has 0 atom stereocenters. The molecule has 0 bridgehead atoms. The van der Waals surface area contributed by atoms with Crippen LogP contribution in [0.2, 0.25) is 0 Å². The van der Waals surface area contributed by atoms with Gasteiger partial charge in [0.2, 0.25) is 0 Å². The number of nitrogens with one attached hydrogen (secondary N) is 1. The molecular formula is C18H24N2O. The lowest BCUT2D eigenvalue weighted by Crippen LogP contribution is -2.21. The maximum atomic E-state index is 5.65. The van der Waals surface area contributed by atoms with Gasteiger partial charge in [0, 0.05) is 24.3 Å². The van der Waals surface area contributed by atoms with Gasteiger partial charge >= 0.3 is 0 Å². The number of ether oxygens (including phenoxy) is 1. The van der Waals surface area contributed by atoms with Crippen molar-refractivity contribution < 1.29 is 4.74 Å². The van der Waals surface area contributed by atoms with Gasteiger partial charge in [0.1, 0.15) is 5.75 Å². The molecule has 1 aromatic heterocycles. The van der Waals surface area contributed by atoms with Crippen LogP contribution in [0.5, 0.6) is 5.75 Å². The Hall–Kier alpha value is -1.87. The zero-order valence-electron chi connectivity index (χ0n) is 13.1. The lowest BCUT2D eigenvalue weighted by Gasteiger charge is -2.10. The van der Waals surface area contributed by atoms with E-state index >= 15 is 0 Å². The highest BCUT2D eigenvalue weighted by atomic mass is 16.5. The van der Waals surface area contributed by atoms with Crippen LogP contribution in [0.4, 0.5) is 0 Å². The maximum Gasteiger partial charge on any atom is 0.138 e. The van der Waals surface area contributed by atoms with Gasteiger partial charge in [-0.25, -0.2) is 0 Å². The topological polar surface area (TPSA) is 34.1 Å². The fourth-order valence-electron chi connectivity index (χ4n) is 2.06. The smallest absolute Gasteiger partial charge is 0.138 e. The van der Waals surface area contributed by atoms with Crippen LogP contribution in [0.25, 0.3) is 11.1 Å². The fourth-order valence-corrected chi connectivity index (χ4v) is 2.06. The van der Waals surface area contributed by atoms with Crippen molar-refractivity contribution in [2.45, 2.75) is 39.8 Å². The van der Waals surface area contributed by atoms with Crippen molar-refractivity contribution in [2.24, 2.45) is 0 Å². The molecule has 0 saturated carbocycles. The van der Waals surface area contributed by atoms with E-state index in [9.17, 15) is 0 Å². The molecule has 3 nitrogen and oxygen atoms in total. The summed E-state index contributed by atoms with van der Waals surface area (Å²) >= 11 is 0. The lowest BCUT2D eigenvalue weighted by molar-refractivity contribution is 0.316. The summed E-state index contributed by atoms with van der Waals surface area (Å²) in [5, 5.41) is 3.44. The van der Waals surface area contributed by atoms with Crippen LogP contribution in [0.1, 0.15) is 32.8 Å². The highest BCUT2D eigenvalue weighted by Crippen LogP contribution is 2.23. The zero-order valence-corrected chi connectivity index (χ0v) is 13.1. The van der Waals surface area contributed by atoms with Crippen molar-refractivity contribution in [1.29, 1.82) is 0 Å². The number of rotatable bonds is 7. The maximum absolute atomic E-state index is 5.65. The molecule has 0 radical (unpaired) electrons. The van der Waals surface area contributed by atoms with Crippen LogP contribution in [-0.4, -0.2) is 17.6 Å². The average Bonchev–Trinajstić information content (AvgIpc) is 2.51. The molecule has 112 valence electrons. The van der Waals surface area contributed by atoms with E-state index in [4.69, 9.17) is 4.74 Å². The Bertz CT molecular complexity index is 567. The fraction of sp³-hybridized carbons (Fsp3) is 0.389. The largest absolute Gasteiger partial charge is 0.492 e. The van der Waals surface area contributed by atoms with Gasteiger partial charge in [-0.2, -0.15) is 0 Å². The molecule has 1 heterocycles. The third kappa shape index (κ3) is 4.87. The van der Waals surface area contributed by atoms with Crippen LogP contribution in [-0.2, 0) is 6.54 Å². The second-order valence-corrected chi connectivity index (χ2v) is 5.49. The molecule has 2 rings (SSSR count). The number of hydrogen-bond acceptors (Lipinski definition) is 3. The summed E-state index contributed by atoms with van der Waals surface area (Å²) in [5.41, 5.74) is 3.54. The van der Waals surface area contributed by atoms with E-state index in [1.54, 1.807) is 6.20 Å². The van der Waals surface area contributed by atoms with Gasteiger partial charge in [-0.1, -0.05) is 39.0 Å². The first-order valence-electron chi connectivity index (χ1n) is 7.59. The van der Waals surface area contributed by atoms with Gasteiger partial charge < -0.3 is 10.1 Å². The van der Waals surface area contributed by atoms with Crippen LogP contribution >= 0.6 is 0 Å². The van der Waals surface area contributed by atoms with Crippen molar-refractivity contribution in [3.63, 3.8) is 0 Å². The van der Waals surface area contributed by atoms with E-state index in [1.807, 2.05) is 6.20 Å². The predicted octanol–water partition coefficient (Wildman–Crippen LogP) is 4.04. The highest BCUT2D eigenvalue weighted by molar-refractivity contribution is 5.64. The molecule has 0 aliphatic rings. The van der Waals surface area contributed by atoms with Crippen LogP contribution in [0.15, 0.2) is 42.7 Å². The lowest BCUT2D eigenvalue weighted by atomic mass is 10.0. The molecule has 3 heteroatoms. The summed E-state index contributed by atoms with van der Waals surface area (Å²) in [6.45, 7) is 8.02. The predicted molar refractivity (Wildman–Crippen MR) is 87.4 cm³/mol. The van der Waals surface area contributed by atoms with Crippen LogP contribution < -0.4 is 10.1 Å². The Balaban J connectivity index is 2.15. The van der Waals surface area contributed by atoms with Crippen molar-refractivity contribution in [3.05, 3.63) is 48.3 Å². The first kappa shape index (κ1) is 15.5. The van der Waals surface area contributed by atoms with Gasteiger partial charge in [0.15, 0.2) is 0 Å². The number of nitrogens with zero attached hydrogens (tertiary/aromatic N) is 1. The van der Waals surface area contributed by atoms with Crippen molar-refractivity contribution in [3.8, 4) is 16.9 Å². The van der Waals surface area contributed by atoms with E-state index in [-0.39, 0.29) is 0 Å². The van der Waals surface area contributed by atoms with Gasteiger partial charge in [0.25, 0.3) is 0 Å². The van der Waals surface area contributed by atoms with E-state index in [0.29, 0.717) is 6.04 Å². The molecule has 1 N–H and O–H groups in total. The number of pyridine rings is 1. The summed E-state index contributed by atoms with van der Waals surface area (Å²) in [5.74, 6) is 0.833. The van der Waals surface area contributed by atoms with Crippen molar-refractivity contribution in [1.82, 2.24) is 10.3 Å². The number of aromatic nitrogens is 1. The standard InChI is InChI=1S/C18H24N2O/c1-4-8-21-18-10-17(12-19-13-18)16-7-5-6-15(9-16)11-20-14(2)3/h5-7,9-10,12-14,20H,4,8,11H2,1-3H3. The molecule has 0 fully saturated rings. The summed E-state index contributed by atoms with van der Waals surface area (Å²) in [6, 6.07) is 11.1. The number of benzene rings is 1. The second kappa shape index (κ2) is 7.79. The Morgan fingerprint density at radius 1 is 1.14 bits per heavy atom. The minimum atomic E-state index is 0.487. The first-order chi connectivity index (χ1) is 10.2. The SMILES string of the molecule is CCCOc1cncc(-c2cccc(CNC(C)C)c2)c1. The first-order valence-corrected chi connectivity index (χ1v) is 7.59. The Morgan fingerprint density at radius 2 is 2.00 bits per heavy atom. The van der Waals surface area contributed by atoms with Gasteiger partial charge in [0.05, 0.1) is 12.8 Å². The quantitative estimate of drug-likeness (QED) is 0.833. The highest BCUT2D eigenvalue weighted by Gasteiger charge is 2.03. The molecule has 0 aliphatic heterocycles. The number of hydrogen-bond donors (Lipinski definition) is 1. The molecule has 1 aromatic carbocycles. The van der Waals surface area contributed by atoms with E-state index in [0.717, 1.165) is 30.9 Å². The molecule has 2 aromatic rings. The molecule has 0 saturated heterocycles. The normalized spacial score (nSPS) is 10.9. The molecule has 0 amide bonds. The minimum absolute atomic E-state index is 0.487. The van der Waals surface area contributed by atoms with E-state index in [2.05, 4.69) is 61.4 Å². The van der Waals surface area contributed by atoms with Gasteiger partial charge in [-0.15, -0.1) is 0 Å². The zero-order chi connectivity index (χ0) is 15.1. The third-order valence-corrected chi connectivity index (χ3v) is 3.16. The summed E-state index contributed by atoms with van der Waals surface area (Å²) in [6.07, 6.45) is 4.65. The van der Waals surface area contributed by atoms with E-state index in [1.165, 1.54) is 11.1 Å². The monoisotopic (exact) mass is 284 g/mol. The van der Waals surface area contributed by atoms with Crippen LogP contribution in [0.3, 0.4) is 0 Å². The summed E-state index contributed by atoms with van der Waals surface area (Å²) in [4.78, 5) is 4.28. The molecule has 0 unspecified atom stereocenters. The molecule has 0 aliphatic carbocycles. The van der Waals surface area contributed by atoms with E-state index < -0.39 is 0 Å². The molecule has 21 heavy (non-hydrogen) atoms. The third-order valence-electron chi connectivity index (χ3n) is 3.16. The van der Waals surface area contributed by atoms with Crippen molar-refractivity contribution >= 4 is 0 Å².